The number of esters is 4. The van der Waals surface area contributed by atoms with Crippen LogP contribution in [0.1, 0.15) is 132 Å². The predicted molar refractivity (Wildman–Crippen MR) is 328 cm³/mol. The zero-order chi connectivity index (χ0) is 64.0. The molecule has 0 saturated carbocycles. The second kappa shape index (κ2) is 38.9. The van der Waals surface area contributed by atoms with Gasteiger partial charge in [-0.05, 0) is 133 Å². The van der Waals surface area contributed by atoms with Gasteiger partial charge in [-0.15, -0.1) is 0 Å². The van der Waals surface area contributed by atoms with E-state index in [9.17, 15) is 33.6 Å². The fraction of sp³-hybridized carbons (Fsp3) is 0.787. The summed E-state index contributed by atoms with van der Waals surface area (Å²) in [5.41, 5.74) is 6.88. The third-order valence-electron chi connectivity index (χ3n) is 12.7. The molecule has 1 aliphatic rings. The van der Waals surface area contributed by atoms with Crippen molar-refractivity contribution in [2.45, 2.75) is 170 Å². The number of nitrogens with zero attached hydrogens (tertiary/aromatic N) is 4. The van der Waals surface area contributed by atoms with Crippen molar-refractivity contribution in [3.8, 4) is 0 Å². The molecule has 2 amide bonds. The summed E-state index contributed by atoms with van der Waals surface area (Å²) in [6, 6.07) is 0.383. The molecule has 0 spiro atoms. The van der Waals surface area contributed by atoms with E-state index in [1.807, 2.05) is 67.2 Å². The molecule has 24 heteroatoms. The Bertz CT molecular complexity index is 2180. The number of benzene rings is 1. The number of halogens is 1. The van der Waals surface area contributed by atoms with Gasteiger partial charge < -0.3 is 59.0 Å². The number of rotatable bonds is 34. The van der Waals surface area contributed by atoms with E-state index in [1.165, 1.54) is 0 Å². The number of hydrogen-bond acceptors (Lipinski definition) is 21. The Balaban J connectivity index is 1.83. The summed E-state index contributed by atoms with van der Waals surface area (Å²) >= 11 is 3.57. The average Bonchev–Trinajstić information content (AvgIpc) is 2.66. The summed E-state index contributed by atoms with van der Waals surface area (Å²) in [7, 11) is 0. The van der Waals surface area contributed by atoms with Gasteiger partial charge >= 0.3 is 23.9 Å². The lowest BCUT2D eigenvalue weighted by Gasteiger charge is -2.37. The summed E-state index contributed by atoms with van der Waals surface area (Å²) < 4.78 is 51.9. The molecular weight excluding hydrogens is 1170 g/mol. The third kappa shape index (κ3) is 36.6. The van der Waals surface area contributed by atoms with E-state index in [0.29, 0.717) is 92.1 Å². The summed E-state index contributed by atoms with van der Waals surface area (Å²) in [5, 5.41) is 5.83. The Kier molecular flexibility index (Phi) is 35.2. The molecule has 0 bridgehead atoms. The molecule has 2 atom stereocenters. The van der Waals surface area contributed by atoms with E-state index in [0.717, 1.165) is 26.9 Å². The Hall–Kier alpha value is -4.21. The van der Waals surface area contributed by atoms with Crippen LogP contribution in [0.3, 0.4) is 0 Å². The minimum atomic E-state index is -0.864. The summed E-state index contributed by atoms with van der Waals surface area (Å²) in [6.07, 6.45) is 0.636. The fourth-order valence-electron chi connectivity index (χ4n) is 8.79. The van der Waals surface area contributed by atoms with Gasteiger partial charge in [0.05, 0.1) is 91.7 Å². The first-order chi connectivity index (χ1) is 39.6. The minimum absolute atomic E-state index is 0.00221. The summed E-state index contributed by atoms with van der Waals surface area (Å²) in [4.78, 5) is 100. The van der Waals surface area contributed by atoms with Crippen LogP contribution in [0.5, 0.6) is 0 Å². The van der Waals surface area contributed by atoms with Crippen molar-refractivity contribution in [1.82, 2.24) is 24.9 Å². The second-order valence-electron chi connectivity index (χ2n) is 25.4. The van der Waals surface area contributed by atoms with Gasteiger partial charge in [-0.2, -0.15) is 0 Å². The molecule has 1 heterocycles. The van der Waals surface area contributed by atoms with Gasteiger partial charge in [0.25, 0.3) is 0 Å². The van der Waals surface area contributed by atoms with Crippen molar-refractivity contribution < 1.29 is 76.2 Å². The maximum Gasteiger partial charge on any atom is 0.323 e. The maximum atomic E-state index is 14.2. The normalized spacial score (nSPS) is 15.7. The number of aryl methyl sites for hydroxylation is 2. The average molecular weight is 1270 g/mol. The van der Waals surface area contributed by atoms with Crippen LogP contribution in [-0.2, 0) is 76.2 Å². The zero-order valence-electron chi connectivity index (χ0n) is 54.1. The number of anilines is 1. The molecule has 1 aromatic rings. The summed E-state index contributed by atoms with van der Waals surface area (Å²) in [6.45, 7) is 33.5. The Morgan fingerprint density at radius 1 is 0.506 bits per heavy atom. The quantitative estimate of drug-likeness (QED) is 0.0448. The zero-order valence-corrected chi connectivity index (χ0v) is 55.7. The molecule has 1 saturated heterocycles. The Labute approximate surface area is 515 Å². The molecular formula is C61H106BrN7O16. The SMILES string of the molecule is Cc1cc(C)c(NC(=O)CC[C@@H](N)C(=O)CCOCCOCCOCCOCCOCCNC(=O)CCC(C(=O)OC(C)(C)C)N2CCN(CC(=O)OC(C)(C)C)CCN(CC(=O)OC(C)(C)C)CCN(CC(=O)OC(C)(C)C)CC2)c(C)c1Br. The van der Waals surface area contributed by atoms with Gasteiger partial charge in [-0.1, -0.05) is 22.0 Å². The predicted octanol–water partition coefficient (Wildman–Crippen LogP) is 5.32. The molecule has 1 aliphatic heterocycles. The van der Waals surface area contributed by atoms with Gasteiger partial charge in [0.15, 0.2) is 5.78 Å². The largest absolute Gasteiger partial charge is 0.459 e. The molecule has 85 heavy (non-hydrogen) atoms. The van der Waals surface area contributed by atoms with Crippen molar-refractivity contribution in [2.24, 2.45) is 5.73 Å². The summed E-state index contributed by atoms with van der Waals surface area (Å²) in [5.74, 6) is -2.38. The Morgan fingerprint density at radius 2 is 0.882 bits per heavy atom. The number of nitrogens with one attached hydrogen (secondary N) is 2. The van der Waals surface area contributed by atoms with Crippen LogP contribution in [-0.4, -0.2) is 240 Å². The van der Waals surface area contributed by atoms with Gasteiger partial charge in [0.2, 0.25) is 11.8 Å². The van der Waals surface area contributed by atoms with Crippen molar-refractivity contribution >= 4 is 63.1 Å². The molecule has 488 valence electrons. The number of amides is 2. The maximum absolute atomic E-state index is 14.2. The monoisotopic (exact) mass is 1270 g/mol. The lowest BCUT2D eigenvalue weighted by Crippen LogP contribution is -2.53. The highest BCUT2D eigenvalue weighted by Crippen LogP contribution is 2.31. The second-order valence-corrected chi connectivity index (χ2v) is 26.2. The van der Waals surface area contributed by atoms with Crippen molar-refractivity contribution in [1.29, 1.82) is 0 Å². The van der Waals surface area contributed by atoms with E-state index in [1.54, 1.807) is 62.3 Å². The number of ether oxygens (including phenoxy) is 9. The topological polar surface area (TPSA) is 266 Å². The first kappa shape index (κ1) is 76.9. The smallest absolute Gasteiger partial charge is 0.323 e. The highest BCUT2D eigenvalue weighted by atomic mass is 79.9. The number of hydrogen-bond donors (Lipinski definition) is 3. The highest BCUT2D eigenvalue weighted by molar-refractivity contribution is 9.10. The van der Waals surface area contributed by atoms with Crippen molar-refractivity contribution in [3.63, 3.8) is 0 Å². The van der Waals surface area contributed by atoms with Crippen LogP contribution >= 0.6 is 15.9 Å². The highest BCUT2D eigenvalue weighted by Gasteiger charge is 2.33. The van der Waals surface area contributed by atoms with E-state index < -0.39 is 58.4 Å². The first-order valence-electron chi connectivity index (χ1n) is 29.9. The molecule has 0 aromatic heterocycles. The molecule has 23 nitrogen and oxygen atoms in total. The fourth-order valence-corrected chi connectivity index (χ4v) is 9.10. The van der Waals surface area contributed by atoms with E-state index in [4.69, 9.17) is 48.4 Å². The lowest BCUT2D eigenvalue weighted by molar-refractivity contribution is -0.163. The minimum Gasteiger partial charge on any atom is -0.459 e. The number of nitrogens with two attached hydrogens (primary N) is 1. The van der Waals surface area contributed by atoms with Crippen molar-refractivity contribution in [3.05, 3.63) is 27.2 Å². The first-order valence-corrected chi connectivity index (χ1v) is 30.7. The Morgan fingerprint density at radius 3 is 1.29 bits per heavy atom. The van der Waals surface area contributed by atoms with Gasteiger partial charge in [0.1, 0.15) is 28.4 Å². The van der Waals surface area contributed by atoms with Crippen molar-refractivity contribution in [2.75, 3.05) is 150 Å². The van der Waals surface area contributed by atoms with E-state index in [2.05, 4.69) is 26.6 Å². The van der Waals surface area contributed by atoms with Crippen LogP contribution in [0, 0.1) is 20.8 Å². The number of ketones is 1. The standard InChI is InChI=1S/C61H106BrN7O16/c1-44-40-45(2)56(46(3)55(44)62)65-51(72)18-16-47(63)49(70)20-30-77-32-34-79-36-38-81-39-37-80-35-33-78-31-21-64-50(71)19-17-48(57(76)85-61(13,14)15)69-28-26-67(42-53(74)83-59(7,8)9)24-22-66(41-52(73)82-58(4,5)6)23-25-68(27-29-69)43-54(75)84-60(10,11)12/h40,47-48H,16-39,41-43,63H2,1-15H3,(H,64,71)(H,65,72)/t47-,48?/m1/s1. The van der Waals surface area contributed by atoms with Gasteiger partial charge in [-0.3, -0.25) is 53.2 Å². The van der Waals surface area contributed by atoms with Gasteiger partial charge in [0, 0.05) is 88.3 Å². The van der Waals surface area contributed by atoms with Crippen LogP contribution in [0.4, 0.5) is 5.69 Å². The van der Waals surface area contributed by atoms with Gasteiger partial charge in [-0.25, -0.2) is 0 Å². The van der Waals surface area contributed by atoms with Crippen LogP contribution in [0.2, 0.25) is 0 Å². The molecule has 1 unspecified atom stereocenters. The number of carbonyl (C=O) groups excluding carboxylic acids is 7. The number of Topliss-reactive ketones (excluding diaryl/α,β-unsaturated/α-hetero) is 1. The molecule has 1 fully saturated rings. The molecule has 0 radical (unpaired) electrons. The molecule has 4 N–H and O–H groups in total. The molecule has 1 aromatic carbocycles. The lowest BCUT2D eigenvalue weighted by atomic mass is 10.0. The van der Waals surface area contributed by atoms with Crippen LogP contribution < -0.4 is 16.4 Å². The molecule has 0 aliphatic carbocycles. The molecule has 2 rings (SSSR count). The van der Waals surface area contributed by atoms with E-state index in [-0.39, 0.29) is 102 Å². The van der Waals surface area contributed by atoms with Crippen LogP contribution in [0.25, 0.3) is 0 Å². The van der Waals surface area contributed by atoms with E-state index >= 15 is 0 Å². The third-order valence-corrected chi connectivity index (χ3v) is 14.0. The van der Waals surface area contributed by atoms with Crippen LogP contribution in [0.15, 0.2) is 10.5 Å². The number of carbonyl (C=O) groups is 7.